The SMILES string of the molecule is CCCS(=O)(=O)Nc1ccc(NC(=O)c2cc(F)cc(F)c2)cc1. The van der Waals surface area contributed by atoms with Gasteiger partial charge in [0.2, 0.25) is 10.0 Å². The molecule has 5 nitrogen and oxygen atoms in total. The molecule has 0 saturated heterocycles. The molecule has 2 aromatic rings. The first kappa shape index (κ1) is 17.9. The van der Waals surface area contributed by atoms with Crippen molar-refractivity contribution in [2.24, 2.45) is 0 Å². The van der Waals surface area contributed by atoms with E-state index in [-0.39, 0.29) is 11.3 Å². The number of nitrogens with one attached hydrogen (secondary N) is 2. The second kappa shape index (κ2) is 7.39. The van der Waals surface area contributed by atoms with Gasteiger partial charge in [0.05, 0.1) is 5.75 Å². The first-order valence-electron chi connectivity index (χ1n) is 7.17. The zero-order chi connectivity index (χ0) is 17.7. The van der Waals surface area contributed by atoms with Crippen LogP contribution in [0.4, 0.5) is 20.2 Å². The molecule has 0 radical (unpaired) electrons. The maximum Gasteiger partial charge on any atom is 0.255 e. The lowest BCUT2D eigenvalue weighted by molar-refractivity contribution is 0.102. The van der Waals surface area contributed by atoms with Crippen LogP contribution in [0.5, 0.6) is 0 Å². The minimum absolute atomic E-state index is 0.0105. The summed E-state index contributed by atoms with van der Waals surface area (Å²) >= 11 is 0. The van der Waals surface area contributed by atoms with Crippen LogP contribution in [-0.4, -0.2) is 20.1 Å². The van der Waals surface area contributed by atoms with E-state index >= 15 is 0 Å². The van der Waals surface area contributed by atoms with Gasteiger partial charge in [-0.25, -0.2) is 17.2 Å². The van der Waals surface area contributed by atoms with Crippen molar-refractivity contribution in [1.82, 2.24) is 0 Å². The summed E-state index contributed by atoms with van der Waals surface area (Å²) < 4.78 is 52.0. The first-order chi connectivity index (χ1) is 11.3. The number of rotatable bonds is 6. The molecule has 0 saturated carbocycles. The van der Waals surface area contributed by atoms with Crippen molar-refractivity contribution < 1.29 is 22.0 Å². The molecule has 2 rings (SSSR count). The fraction of sp³-hybridized carbons (Fsp3) is 0.188. The zero-order valence-corrected chi connectivity index (χ0v) is 13.7. The second-order valence-electron chi connectivity index (χ2n) is 5.11. The number of halogens is 2. The summed E-state index contributed by atoms with van der Waals surface area (Å²) in [6.45, 7) is 1.76. The van der Waals surface area contributed by atoms with Gasteiger partial charge in [0.1, 0.15) is 11.6 Å². The molecule has 24 heavy (non-hydrogen) atoms. The van der Waals surface area contributed by atoms with Gasteiger partial charge in [-0.2, -0.15) is 0 Å². The van der Waals surface area contributed by atoms with Crippen LogP contribution in [0.1, 0.15) is 23.7 Å². The van der Waals surface area contributed by atoms with Crippen molar-refractivity contribution in [2.45, 2.75) is 13.3 Å². The van der Waals surface area contributed by atoms with Gasteiger partial charge >= 0.3 is 0 Å². The number of carbonyl (C=O) groups is 1. The predicted molar refractivity (Wildman–Crippen MR) is 88.5 cm³/mol. The van der Waals surface area contributed by atoms with E-state index in [4.69, 9.17) is 0 Å². The molecule has 0 aliphatic rings. The largest absolute Gasteiger partial charge is 0.322 e. The van der Waals surface area contributed by atoms with Gasteiger partial charge in [-0.1, -0.05) is 6.92 Å². The van der Waals surface area contributed by atoms with E-state index in [9.17, 15) is 22.0 Å². The summed E-state index contributed by atoms with van der Waals surface area (Å²) in [7, 11) is -3.39. The number of amides is 1. The van der Waals surface area contributed by atoms with Gasteiger partial charge in [0, 0.05) is 23.0 Å². The predicted octanol–water partition coefficient (Wildman–Crippen LogP) is 3.37. The molecule has 2 N–H and O–H groups in total. The van der Waals surface area contributed by atoms with Crippen molar-refractivity contribution >= 4 is 27.3 Å². The Labute approximate surface area is 138 Å². The van der Waals surface area contributed by atoms with E-state index in [1.165, 1.54) is 24.3 Å². The number of benzene rings is 2. The van der Waals surface area contributed by atoms with Gasteiger partial charge in [-0.05, 0) is 42.8 Å². The second-order valence-corrected chi connectivity index (χ2v) is 6.95. The maximum absolute atomic E-state index is 13.1. The van der Waals surface area contributed by atoms with Crippen LogP contribution in [0.15, 0.2) is 42.5 Å². The van der Waals surface area contributed by atoms with Crippen LogP contribution in [0.2, 0.25) is 0 Å². The van der Waals surface area contributed by atoms with Crippen LogP contribution in [-0.2, 0) is 10.0 Å². The number of sulfonamides is 1. The van der Waals surface area contributed by atoms with Crippen molar-refractivity contribution in [3.63, 3.8) is 0 Å². The highest BCUT2D eigenvalue weighted by atomic mass is 32.2. The molecule has 2 aromatic carbocycles. The Balaban J connectivity index is 2.07. The summed E-state index contributed by atoms with van der Waals surface area (Å²) in [5, 5.41) is 2.48. The van der Waals surface area contributed by atoms with Crippen LogP contribution >= 0.6 is 0 Å². The minimum Gasteiger partial charge on any atom is -0.322 e. The normalized spacial score (nSPS) is 11.1. The topological polar surface area (TPSA) is 75.3 Å². The third-order valence-corrected chi connectivity index (χ3v) is 4.51. The van der Waals surface area contributed by atoms with E-state index in [0.717, 1.165) is 12.1 Å². The first-order valence-corrected chi connectivity index (χ1v) is 8.82. The molecule has 0 fully saturated rings. The molecule has 128 valence electrons. The monoisotopic (exact) mass is 354 g/mol. The molecule has 8 heteroatoms. The van der Waals surface area contributed by atoms with Crippen LogP contribution in [0, 0.1) is 11.6 Å². The van der Waals surface area contributed by atoms with E-state index in [0.29, 0.717) is 23.9 Å². The van der Waals surface area contributed by atoms with Crippen LogP contribution in [0.25, 0.3) is 0 Å². The fourth-order valence-corrected chi connectivity index (χ4v) is 3.14. The molecule has 0 unspecified atom stereocenters. The Morgan fingerprint density at radius 1 is 1.00 bits per heavy atom. The standard InChI is InChI=1S/C16H16F2N2O3S/c1-2-7-24(22,23)20-15-5-3-14(4-6-15)19-16(21)11-8-12(17)10-13(18)9-11/h3-6,8-10,20H,2,7H2,1H3,(H,19,21). The molecule has 0 spiro atoms. The van der Waals surface area contributed by atoms with Gasteiger partial charge in [0.25, 0.3) is 5.91 Å². The average Bonchev–Trinajstić information content (AvgIpc) is 2.47. The maximum atomic E-state index is 13.1. The Morgan fingerprint density at radius 3 is 2.08 bits per heavy atom. The fourth-order valence-electron chi connectivity index (χ4n) is 2.01. The molecule has 0 aliphatic heterocycles. The lowest BCUT2D eigenvalue weighted by atomic mass is 10.2. The molecule has 0 aromatic heterocycles. The summed E-state index contributed by atoms with van der Waals surface area (Å²) in [5.41, 5.74) is 0.571. The molecule has 1 amide bonds. The molecule has 0 atom stereocenters. The van der Waals surface area contributed by atoms with E-state index < -0.39 is 27.6 Å². The molecule has 0 aliphatic carbocycles. The average molecular weight is 354 g/mol. The Bertz CT molecular complexity index is 817. The van der Waals surface area contributed by atoms with E-state index in [1.807, 2.05) is 0 Å². The summed E-state index contributed by atoms with van der Waals surface area (Å²) in [6, 6.07) is 8.45. The Kier molecular flexibility index (Phi) is 5.50. The molecular formula is C16H16F2N2O3S. The summed E-state index contributed by atoms with van der Waals surface area (Å²) in [6.07, 6.45) is 0.494. The van der Waals surface area contributed by atoms with Gasteiger partial charge in [-0.3, -0.25) is 9.52 Å². The van der Waals surface area contributed by atoms with E-state index in [1.54, 1.807) is 6.92 Å². The summed E-state index contributed by atoms with van der Waals surface area (Å²) in [5.74, 6) is -2.36. The third kappa shape index (κ3) is 5.02. The van der Waals surface area contributed by atoms with Gasteiger partial charge in [0.15, 0.2) is 0 Å². The van der Waals surface area contributed by atoms with Gasteiger partial charge < -0.3 is 5.32 Å². The molecule has 0 heterocycles. The van der Waals surface area contributed by atoms with E-state index in [2.05, 4.69) is 10.0 Å². The zero-order valence-electron chi connectivity index (χ0n) is 12.8. The van der Waals surface area contributed by atoms with Crippen molar-refractivity contribution in [1.29, 1.82) is 0 Å². The quantitative estimate of drug-likeness (QED) is 0.835. The smallest absolute Gasteiger partial charge is 0.255 e. The number of hydrogen-bond acceptors (Lipinski definition) is 3. The molecule has 0 bridgehead atoms. The Morgan fingerprint density at radius 2 is 1.54 bits per heavy atom. The van der Waals surface area contributed by atoms with Gasteiger partial charge in [-0.15, -0.1) is 0 Å². The minimum atomic E-state index is -3.39. The highest BCUT2D eigenvalue weighted by Gasteiger charge is 2.11. The van der Waals surface area contributed by atoms with Crippen molar-refractivity contribution in [2.75, 3.05) is 15.8 Å². The Hall–Kier alpha value is -2.48. The number of anilines is 2. The lowest BCUT2D eigenvalue weighted by Crippen LogP contribution is -2.16. The van der Waals surface area contributed by atoms with Crippen molar-refractivity contribution in [3.05, 3.63) is 59.7 Å². The highest BCUT2D eigenvalue weighted by Crippen LogP contribution is 2.17. The highest BCUT2D eigenvalue weighted by molar-refractivity contribution is 7.92. The lowest BCUT2D eigenvalue weighted by Gasteiger charge is -2.09. The number of carbonyl (C=O) groups excluding carboxylic acids is 1. The van der Waals surface area contributed by atoms with Crippen LogP contribution in [0.3, 0.4) is 0 Å². The number of hydrogen-bond donors (Lipinski definition) is 2. The summed E-state index contributed by atoms with van der Waals surface area (Å²) in [4.78, 5) is 12.0. The van der Waals surface area contributed by atoms with Crippen LogP contribution < -0.4 is 10.0 Å². The van der Waals surface area contributed by atoms with Crippen molar-refractivity contribution in [3.8, 4) is 0 Å². The third-order valence-electron chi connectivity index (χ3n) is 3.01. The molecular weight excluding hydrogens is 338 g/mol.